The van der Waals surface area contributed by atoms with Crippen molar-refractivity contribution in [2.45, 2.75) is 55.3 Å². The summed E-state index contributed by atoms with van der Waals surface area (Å²) >= 11 is 5.88. The molecule has 0 saturated carbocycles. The van der Waals surface area contributed by atoms with E-state index in [0.717, 1.165) is 13.0 Å². The summed E-state index contributed by atoms with van der Waals surface area (Å²) in [4.78, 5) is 0. The van der Waals surface area contributed by atoms with Crippen molar-refractivity contribution in [2.75, 3.05) is 17.6 Å². The minimum atomic E-state index is 0. The first-order valence-electron chi connectivity index (χ1n) is 3.81. The van der Waals surface area contributed by atoms with Gasteiger partial charge in [0.2, 0.25) is 0 Å². The maximum atomic E-state index is 7.49. The monoisotopic (exact) mass is 368 g/mol. The smallest absolute Gasteiger partial charge is 0.158 e. The molecular formula is C11H30Br2O3. The molecule has 1 aliphatic heterocycles. The second kappa shape index (κ2) is 24.9. The number of hydrogen-bond donors (Lipinski definition) is 1. The lowest BCUT2D eigenvalue weighted by Gasteiger charge is -2.21. The van der Waals surface area contributed by atoms with Crippen molar-refractivity contribution >= 4 is 31.9 Å². The summed E-state index contributed by atoms with van der Waals surface area (Å²) < 4.78 is 10.4. The fraction of sp³-hybridized carbons (Fsp3) is 1.00. The largest absolute Gasteiger partial charge is 0.385 e. The molecule has 1 fully saturated rings. The molecule has 3 nitrogen and oxygen atoms in total. The number of rotatable bonds is 2. The summed E-state index contributed by atoms with van der Waals surface area (Å²) in [5.41, 5.74) is 0.644. The van der Waals surface area contributed by atoms with Gasteiger partial charge < -0.3 is 14.6 Å². The van der Waals surface area contributed by atoms with E-state index in [1.807, 2.05) is 0 Å². The Balaban J connectivity index is -0.0000000528. The Hall–Kier alpha value is 0.840. The van der Waals surface area contributed by atoms with Gasteiger partial charge in [-0.3, -0.25) is 0 Å². The number of hydrogen-bond acceptors (Lipinski definition) is 3. The van der Waals surface area contributed by atoms with Crippen molar-refractivity contribution in [1.29, 1.82) is 0 Å². The summed E-state index contributed by atoms with van der Waals surface area (Å²) in [6.07, 6.45) is 3.52. The molecule has 0 aliphatic carbocycles. The Morgan fingerprint density at radius 1 is 1.12 bits per heavy atom. The zero-order valence-electron chi connectivity index (χ0n) is 6.84. The number of halogens is 2. The van der Waals surface area contributed by atoms with Gasteiger partial charge in [-0.1, -0.05) is 61.6 Å². The minimum absolute atomic E-state index is 0. The maximum absolute atomic E-state index is 7.49. The minimum Gasteiger partial charge on any atom is -0.385 e. The Bertz CT molecular complexity index is 86.5. The molecule has 1 atom stereocenters. The molecule has 0 amide bonds. The standard InChI is InChI=1S/C6H11BrO2.CH3BrO.4CH4/c7-5-9-6-3-1-2-4-8-6;2-1-3;;;;/h6H,1-5H2;3H,1H2;4*1H4. The average molecular weight is 370 g/mol. The Morgan fingerprint density at radius 3 is 1.94 bits per heavy atom. The van der Waals surface area contributed by atoms with Crippen LogP contribution in [0.3, 0.4) is 0 Å². The Morgan fingerprint density at radius 2 is 1.62 bits per heavy atom. The average Bonchev–Trinajstić information content (AvgIpc) is 2.08. The zero-order chi connectivity index (χ0) is 9.23. The normalized spacial score (nSPS) is 17.1. The third kappa shape index (κ3) is 20.3. The predicted molar refractivity (Wildman–Crippen MR) is 81.4 cm³/mol. The highest BCUT2D eigenvalue weighted by atomic mass is 79.9. The van der Waals surface area contributed by atoms with E-state index in [-0.39, 0.29) is 41.5 Å². The van der Waals surface area contributed by atoms with Crippen molar-refractivity contribution in [1.82, 2.24) is 0 Å². The van der Waals surface area contributed by atoms with Gasteiger partial charge in [0.25, 0.3) is 0 Å². The van der Waals surface area contributed by atoms with Crippen molar-refractivity contribution in [3.63, 3.8) is 0 Å². The fourth-order valence-corrected chi connectivity index (χ4v) is 1.21. The molecule has 16 heavy (non-hydrogen) atoms. The molecule has 1 unspecified atom stereocenters. The zero-order valence-corrected chi connectivity index (χ0v) is 10.0. The van der Waals surface area contributed by atoms with E-state index in [1.165, 1.54) is 12.8 Å². The van der Waals surface area contributed by atoms with Crippen LogP contribution in [0.5, 0.6) is 0 Å². The van der Waals surface area contributed by atoms with Crippen LogP contribution in [0, 0.1) is 0 Å². The lowest BCUT2D eigenvalue weighted by atomic mass is 10.2. The van der Waals surface area contributed by atoms with Crippen LogP contribution in [0.15, 0.2) is 0 Å². The molecule has 0 radical (unpaired) electrons. The fourth-order valence-electron chi connectivity index (χ4n) is 0.913. The highest BCUT2D eigenvalue weighted by Crippen LogP contribution is 2.13. The van der Waals surface area contributed by atoms with Gasteiger partial charge >= 0.3 is 0 Å². The molecule has 0 spiro atoms. The molecule has 0 aromatic carbocycles. The number of aliphatic hydroxyl groups is 1. The number of alkyl halides is 2. The predicted octanol–water partition coefficient (Wildman–Crippen LogP) is 4.76. The molecule has 5 heteroatoms. The lowest BCUT2D eigenvalue weighted by molar-refractivity contribution is -0.148. The number of aliphatic hydroxyl groups excluding tert-OH is 1. The second-order valence-electron chi connectivity index (χ2n) is 2.19. The molecule has 1 aliphatic rings. The Kier molecular flexibility index (Phi) is 46.9. The van der Waals surface area contributed by atoms with Crippen LogP contribution in [0.1, 0.15) is 49.0 Å². The van der Waals surface area contributed by atoms with Crippen molar-refractivity contribution < 1.29 is 14.6 Å². The van der Waals surface area contributed by atoms with E-state index in [0.29, 0.717) is 5.52 Å². The van der Waals surface area contributed by atoms with E-state index < -0.39 is 0 Å². The van der Waals surface area contributed by atoms with Crippen LogP contribution in [0.2, 0.25) is 0 Å². The quantitative estimate of drug-likeness (QED) is 0.713. The number of ether oxygens (including phenoxy) is 2. The molecule has 1 saturated heterocycles. The maximum Gasteiger partial charge on any atom is 0.158 e. The van der Waals surface area contributed by atoms with Crippen LogP contribution in [0.4, 0.5) is 0 Å². The van der Waals surface area contributed by atoms with Gasteiger partial charge in [0.15, 0.2) is 6.29 Å². The van der Waals surface area contributed by atoms with Crippen LogP contribution >= 0.6 is 31.9 Å². The summed E-state index contributed by atoms with van der Waals surface area (Å²) in [5, 5.41) is 7.49. The topological polar surface area (TPSA) is 38.7 Å². The molecule has 0 bridgehead atoms. The SMILES string of the molecule is BrCOC1CCCCO1.C.C.C.C.OCBr. The van der Waals surface area contributed by atoms with Gasteiger partial charge in [-0.25, -0.2) is 0 Å². The molecule has 1 N–H and O–H groups in total. The van der Waals surface area contributed by atoms with Crippen molar-refractivity contribution in [3.8, 4) is 0 Å². The van der Waals surface area contributed by atoms with Gasteiger partial charge in [0.1, 0.15) is 5.52 Å². The molecule has 1 rings (SSSR count). The van der Waals surface area contributed by atoms with Gasteiger partial charge in [0.05, 0.1) is 5.52 Å². The van der Waals surface area contributed by atoms with Crippen LogP contribution in [0.25, 0.3) is 0 Å². The Labute approximate surface area is 119 Å². The third-order valence-electron chi connectivity index (χ3n) is 1.39. The van der Waals surface area contributed by atoms with Gasteiger partial charge in [0, 0.05) is 6.61 Å². The third-order valence-corrected chi connectivity index (χ3v) is 1.65. The van der Waals surface area contributed by atoms with E-state index in [9.17, 15) is 0 Å². The molecule has 0 aromatic heterocycles. The summed E-state index contributed by atoms with van der Waals surface area (Å²) in [6.45, 7) is 0.859. The summed E-state index contributed by atoms with van der Waals surface area (Å²) in [5.74, 6) is 0. The van der Waals surface area contributed by atoms with E-state index in [1.54, 1.807) is 0 Å². The van der Waals surface area contributed by atoms with E-state index in [4.69, 9.17) is 14.6 Å². The van der Waals surface area contributed by atoms with Gasteiger partial charge in [-0.15, -0.1) is 0 Å². The molecule has 106 valence electrons. The highest BCUT2D eigenvalue weighted by molar-refractivity contribution is 9.09. The second-order valence-corrected chi connectivity index (χ2v) is 3.15. The van der Waals surface area contributed by atoms with Crippen molar-refractivity contribution in [2.24, 2.45) is 0 Å². The summed E-state index contributed by atoms with van der Waals surface area (Å²) in [6, 6.07) is 0. The lowest BCUT2D eigenvalue weighted by Crippen LogP contribution is -2.21. The first-order chi connectivity index (χ1) is 5.85. The summed E-state index contributed by atoms with van der Waals surface area (Å²) in [7, 11) is 0. The van der Waals surface area contributed by atoms with Crippen LogP contribution < -0.4 is 0 Å². The van der Waals surface area contributed by atoms with Gasteiger partial charge in [-0.2, -0.15) is 0 Å². The van der Waals surface area contributed by atoms with Crippen LogP contribution in [-0.2, 0) is 9.47 Å². The molecule has 0 aromatic rings. The van der Waals surface area contributed by atoms with Gasteiger partial charge in [-0.05, 0) is 19.3 Å². The van der Waals surface area contributed by atoms with E-state index in [2.05, 4.69) is 31.9 Å². The van der Waals surface area contributed by atoms with E-state index >= 15 is 0 Å². The highest BCUT2D eigenvalue weighted by Gasteiger charge is 2.12. The first-order valence-corrected chi connectivity index (χ1v) is 6.05. The molecule has 1 heterocycles. The molecular weight excluding hydrogens is 340 g/mol. The van der Waals surface area contributed by atoms with Crippen molar-refractivity contribution in [3.05, 3.63) is 0 Å². The first kappa shape index (κ1) is 30.1. The van der Waals surface area contributed by atoms with Crippen LogP contribution in [-0.4, -0.2) is 29.0 Å².